The van der Waals surface area contributed by atoms with Gasteiger partial charge < -0.3 is 19.7 Å². The Morgan fingerprint density at radius 1 is 0.929 bits per heavy atom. The summed E-state index contributed by atoms with van der Waals surface area (Å²) in [5, 5.41) is 3.33. The molecule has 4 rings (SSSR count). The highest BCUT2D eigenvalue weighted by atomic mass is 16.6. The molecule has 0 saturated carbocycles. The first-order chi connectivity index (χ1) is 13.7. The second kappa shape index (κ2) is 8.05. The molecule has 0 radical (unpaired) electrons. The number of fused-ring (bicyclic) bond motifs is 1. The molecule has 1 amide bonds. The van der Waals surface area contributed by atoms with Crippen LogP contribution >= 0.6 is 0 Å². The molecule has 0 saturated heterocycles. The van der Waals surface area contributed by atoms with Crippen LogP contribution in [0.25, 0.3) is 0 Å². The molecule has 1 heterocycles. The number of hydrogen-bond acceptors (Lipinski definition) is 4. The molecule has 1 N–H and O–H groups in total. The Kier molecular flexibility index (Phi) is 5.15. The smallest absolute Gasteiger partial charge is 0.256 e. The Bertz CT molecular complexity index is 973. The summed E-state index contributed by atoms with van der Waals surface area (Å²) in [5.41, 5.74) is 3.35. The van der Waals surface area contributed by atoms with E-state index in [0.717, 1.165) is 28.4 Å². The Labute approximate surface area is 164 Å². The quantitative estimate of drug-likeness (QED) is 0.716. The summed E-state index contributed by atoms with van der Waals surface area (Å²) in [6, 6.07) is 23.2. The summed E-state index contributed by atoms with van der Waals surface area (Å²) in [6.07, 6.45) is 0. The molecule has 0 bridgehead atoms. The summed E-state index contributed by atoms with van der Waals surface area (Å²) >= 11 is 0. The van der Waals surface area contributed by atoms with Crippen LogP contribution in [0.15, 0.2) is 72.8 Å². The summed E-state index contributed by atoms with van der Waals surface area (Å²) in [6.45, 7) is 1.59. The highest BCUT2D eigenvalue weighted by Crippen LogP contribution is 2.31. The lowest BCUT2D eigenvalue weighted by molar-refractivity contribution is 0.0785. The third-order valence-corrected chi connectivity index (χ3v) is 4.58. The first-order valence-corrected chi connectivity index (χ1v) is 9.26. The zero-order valence-electron chi connectivity index (χ0n) is 15.7. The Morgan fingerprint density at radius 3 is 2.46 bits per heavy atom. The molecule has 0 fully saturated rings. The molecule has 1 aliphatic rings. The van der Waals surface area contributed by atoms with Crippen molar-refractivity contribution in [2.24, 2.45) is 0 Å². The summed E-state index contributed by atoms with van der Waals surface area (Å²) in [4.78, 5) is 14.8. The number of benzene rings is 3. The fraction of sp³-hybridized carbons (Fsp3) is 0.174. The predicted octanol–water partition coefficient (Wildman–Crippen LogP) is 4.47. The van der Waals surface area contributed by atoms with Crippen LogP contribution in [0.2, 0.25) is 0 Å². The van der Waals surface area contributed by atoms with Crippen LogP contribution in [-0.4, -0.2) is 31.1 Å². The lowest BCUT2D eigenvalue weighted by atomic mass is 10.1. The van der Waals surface area contributed by atoms with Crippen molar-refractivity contribution < 1.29 is 14.3 Å². The van der Waals surface area contributed by atoms with Crippen LogP contribution in [0.1, 0.15) is 15.9 Å². The molecule has 0 unspecified atom stereocenters. The van der Waals surface area contributed by atoms with Gasteiger partial charge >= 0.3 is 0 Å². The zero-order valence-corrected chi connectivity index (χ0v) is 15.7. The zero-order chi connectivity index (χ0) is 19.3. The van der Waals surface area contributed by atoms with E-state index in [4.69, 9.17) is 9.47 Å². The van der Waals surface area contributed by atoms with Crippen molar-refractivity contribution in [3.63, 3.8) is 0 Å². The summed E-state index contributed by atoms with van der Waals surface area (Å²) in [7, 11) is 1.80. The second-order valence-corrected chi connectivity index (χ2v) is 6.68. The maximum Gasteiger partial charge on any atom is 0.256 e. The van der Waals surface area contributed by atoms with Crippen molar-refractivity contribution in [3.8, 4) is 11.5 Å². The minimum atomic E-state index is -0.0473. The van der Waals surface area contributed by atoms with Crippen molar-refractivity contribution in [1.29, 1.82) is 0 Å². The van der Waals surface area contributed by atoms with Gasteiger partial charge in [0.1, 0.15) is 13.2 Å². The molecule has 5 heteroatoms. The van der Waals surface area contributed by atoms with E-state index >= 15 is 0 Å². The third-order valence-electron chi connectivity index (χ3n) is 4.58. The maximum absolute atomic E-state index is 13.1. The summed E-state index contributed by atoms with van der Waals surface area (Å²) in [5.74, 6) is 1.44. The van der Waals surface area contributed by atoms with Crippen LogP contribution in [0, 0.1) is 0 Å². The molecule has 28 heavy (non-hydrogen) atoms. The van der Waals surface area contributed by atoms with Crippen molar-refractivity contribution >= 4 is 17.3 Å². The van der Waals surface area contributed by atoms with Crippen molar-refractivity contribution in [3.05, 3.63) is 83.9 Å². The van der Waals surface area contributed by atoms with E-state index in [1.807, 2.05) is 72.8 Å². The van der Waals surface area contributed by atoms with Crippen molar-refractivity contribution in [1.82, 2.24) is 4.90 Å². The Hall–Kier alpha value is -3.47. The Balaban J connectivity index is 1.51. The van der Waals surface area contributed by atoms with Crippen LogP contribution in [-0.2, 0) is 6.54 Å². The van der Waals surface area contributed by atoms with Gasteiger partial charge in [-0.1, -0.05) is 36.4 Å². The van der Waals surface area contributed by atoms with E-state index in [1.165, 1.54) is 0 Å². The number of ether oxygens (including phenoxy) is 2. The number of carbonyl (C=O) groups excluding carboxylic acids is 1. The van der Waals surface area contributed by atoms with Gasteiger partial charge in [-0.3, -0.25) is 4.79 Å². The number of hydrogen-bond donors (Lipinski definition) is 1. The Morgan fingerprint density at radius 2 is 1.64 bits per heavy atom. The van der Waals surface area contributed by atoms with Gasteiger partial charge in [-0.2, -0.15) is 0 Å². The van der Waals surface area contributed by atoms with Crippen molar-refractivity contribution in [2.75, 3.05) is 25.6 Å². The molecule has 0 aliphatic carbocycles. The molecule has 0 spiro atoms. The standard InChI is InChI=1S/C23H22N2O3/c1-25(16-17-11-12-21-22(15-17)28-14-13-27-21)23(26)19-9-5-6-10-20(19)24-18-7-3-2-4-8-18/h2-12,15,24H,13-14,16H2,1H3. The minimum absolute atomic E-state index is 0.0473. The number of rotatable bonds is 5. The third kappa shape index (κ3) is 3.93. The average Bonchev–Trinajstić information content (AvgIpc) is 2.74. The number of nitrogens with one attached hydrogen (secondary N) is 1. The molecule has 0 atom stereocenters. The highest BCUT2D eigenvalue weighted by molar-refractivity contribution is 6.00. The first kappa shape index (κ1) is 17.9. The van der Waals surface area contributed by atoms with Gasteiger partial charge in [-0.15, -0.1) is 0 Å². The molecule has 3 aromatic carbocycles. The number of anilines is 2. The van der Waals surface area contributed by atoms with Crippen molar-refractivity contribution in [2.45, 2.75) is 6.54 Å². The molecule has 142 valence electrons. The highest BCUT2D eigenvalue weighted by Gasteiger charge is 2.18. The molecule has 0 aromatic heterocycles. The number of para-hydroxylation sites is 2. The fourth-order valence-electron chi connectivity index (χ4n) is 3.19. The van der Waals surface area contributed by atoms with Gasteiger partial charge in [-0.05, 0) is 42.0 Å². The number of nitrogens with zero attached hydrogens (tertiary/aromatic N) is 1. The van der Waals surface area contributed by atoms with Gasteiger partial charge in [0.25, 0.3) is 5.91 Å². The fourth-order valence-corrected chi connectivity index (χ4v) is 3.19. The first-order valence-electron chi connectivity index (χ1n) is 9.26. The van der Waals surface area contributed by atoms with Gasteiger partial charge in [0, 0.05) is 19.3 Å². The normalized spacial score (nSPS) is 12.3. The predicted molar refractivity (Wildman–Crippen MR) is 109 cm³/mol. The molecule has 1 aliphatic heterocycles. The van der Waals surface area contributed by atoms with E-state index in [9.17, 15) is 4.79 Å². The SMILES string of the molecule is CN(Cc1ccc2c(c1)OCCO2)C(=O)c1ccccc1Nc1ccccc1. The molecular formula is C23H22N2O3. The largest absolute Gasteiger partial charge is 0.486 e. The van der Waals surface area contributed by atoms with Crippen LogP contribution < -0.4 is 14.8 Å². The lowest BCUT2D eigenvalue weighted by Crippen LogP contribution is -2.27. The van der Waals surface area contributed by atoms with E-state index in [1.54, 1.807) is 11.9 Å². The van der Waals surface area contributed by atoms with Crippen LogP contribution in [0.3, 0.4) is 0 Å². The molecule has 3 aromatic rings. The van der Waals surface area contributed by atoms with E-state index in [-0.39, 0.29) is 5.91 Å². The van der Waals surface area contributed by atoms with Gasteiger partial charge in [-0.25, -0.2) is 0 Å². The number of amides is 1. The van der Waals surface area contributed by atoms with Crippen LogP contribution in [0.5, 0.6) is 11.5 Å². The van der Waals surface area contributed by atoms with E-state index < -0.39 is 0 Å². The lowest BCUT2D eigenvalue weighted by Gasteiger charge is -2.22. The maximum atomic E-state index is 13.1. The topological polar surface area (TPSA) is 50.8 Å². The summed E-state index contributed by atoms with van der Waals surface area (Å²) < 4.78 is 11.2. The number of carbonyl (C=O) groups is 1. The minimum Gasteiger partial charge on any atom is -0.486 e. The van der Waals surface area contributed by atoms with Gasteiger partial charge in [0.2, 0.25) is 0 Å². The van der Waals surface area contributed by atoms with Gasteiger partial charge in [0.05, 0.1) is 11.3 Å². The second-order valence-electron chi connectivity index (χ2n) is 6.68. The monoisotopic (exact) mass is 374 g/mol. The molecular weight excluding hydrogens is 352 g/mol. The van der Waals surface area contributed by atoms with E-state index in [2.05, 4.69) is 5.32 Å². The van der Waals surface area contributed by atoms with Gasteiger partial charge in [0.15, 0.2) is 11.5 Å². The van der Waals surface area contributed by atoms with E-state index in [0.29, 0.717) is 25.3 Å². The van der Waals surface area contributed by atoms with Crippen LogP contribution in [0.4, 0.5) is 11.4 Å². The average molecular weight is 374 g/mol. The molecule has 5 nitrogen and oxygen atoms in total.